The number of likely N-dealkylation sites (tertiary alicyclic amines) is 1. The van der Waals surface area contributed by atoms with Crippen LogP contribution in [0, 0.1) is 18.3 Å². The van der Waals surface area contributed by atoms with Gasteiger partial charge in [-0.25, -0.2) is 4.98 Å². The number of pyridine rings is 1. The van der Waals surface area contributed by atoms with Crippen LogP contribution in [0.25, 0.3) is 22.2 Å². The summed E-state index contributed by atoms with van der Waals surface area (Å²) in [5, 5.41) is 1.08. The van der Waals surface area contributed by atoms with E-state index in [1.54, 1.807) is 13.3 Å². The average molecular weight is 562 g/mol. The summed E-state index contributed by atoms with van der Waals surface area (Å²) in [5.41, 5.74) is 7.90. The average Bonchev–Trinajstić information content (AvgIpc) is 3.60. The summed E-state index contributed by atoms with van der Waals surface area (Å²) in [6.07, 6.45) is 24.5. The number of H-pyrrole nitrogens is 1. The molecule has 2 aliphatic rings. The van der Waals surface area contributed by atoms with Gasteiger partial charge in [0.25, 0.3) is 0 Å². The zero-order valence-electron chi connectivity index (χ0n) is 25.0. The van der Waals surface area contributed by atoms with Crippen LogP contribution in [0.3, 0.4) is 0 Å². The third-order valence-electron chi connectivity index (χ3n) is 7.86. The molecule has 1 aromatic carbocycles. The number of unbranched alkanes of at least 4 members (excludes halogenated alkanes) is 3. The predicted octanol–water partition coefficient (Wildman–Crippen LogP) is 5.95. The van der Waals surface area contributed by atoms with Gasteiger partial charge >= 0.3 is 0 Å². The number of imidazole rings is 1. The van der Waals surface area contributed by atoms with Gasteiger partial charge in [0.1, 0.15) is 17.4 Å². The van der Waals surface area contributed by atoms with Crippen molar-refractivity contribution >= 4 is 23.1 Å². The molecule has 3 heterocycles. The Labute approximate surface area is 245 Å². The van der Waals surface area contributed by atoms with Gasteiger partial charge in [0.05, 0.1) is 24.5 Å². The number of piperidine rings is 1. The van der Waals surface area contributed by atoms with Crippen molar-refractivity contribution in [2.45, 2.75) is 77.6 Å². The van der Waals surface area contributed by atoms with Gasteiger partial charge in [0, 0.05) is 42.5 Å². The number of fused-ring (bicyclic) bond motifs is 1. The highest BCUT2D eigenvalue weighted by Crippen LogP contribution is 2.53. The van der Waals surface area contributed by atoms with Crippen molar-refractivity contribution in [3.63, 3.8) is 0 Å². The normalized spacial score (nSPS) is 14.9. The van der Waals surface area contributed by atoms with Crippen molar-refractivity contribution in [2.24, 2.45) is 11.1 Å². The lowest BCUT2D eigenvalue weighted by Gasteiger charge is -2.28. The molecule has 1 aliphatic heterocycles. The van der Waals surface area contributed by atoms with Gasteiger partial charge in [-0.3, -0.25) is 14.6 Å². The van der Waals surface area contributed by atoms with E-state index in [2.05, 4.69) is 51.5 Å². The second-order valence-corrected chi connectivity index (χ2v) is 10.7. The minimum atomic E-state index is 0.250. The zero-order chi connectivity index (χ0) is 30.1. The van der Waals surface area contributed by atoms with Crippen molar-refractivity contribution in [3.05, 3.63) is 42.5 Å². The number of nitrogens with one attached hydrogen (secondary N) is 1. The van der Waals surface area contributed by atoms with Crippen LogP contribution in [-0.4, -0.2) is 59.3 Å². The van der Waals surface area contributed by atoms with E-state index in [0.717, 1.165) is 77.7 Å². The van der Waals surface area contributed by atoms with E-state index < -0.39 is 0 Å². The first-order valence-electron chi connectivity index (χ1n) is 14.6. The van der Waals surface area contributed by atoms with Crippen LogP contribution in [-0.2, 0) is 16.0 Å². The summed E-state index contributed by atoms with van der Waals surface area (Å²) < 4.78 is 5.56. The first-order chi connectivity index (χ1) is 19.9. The SMILES string of the molecule is C#C.CCC(=O)CCCCCCc1ncc(-c2cc3cccnc3cc2OC)[nH]1.CN1CCC2(CC1)CC2.NC=O. The molecule has 1 spiro atoms. The fourth-order valence-corrected chi connectivity index (χ4v) is 5.02. The Balaban J connectivity index is 0.000000345. The number of hydrogen-bond acceptors (Lipinski definition) is 6. The summed E-state index contributed by atoms with van der Waals surface area (Å²) >= 11 is 0. The summed E-state index contributed by atoms with van der Waals surface area (Å²) in [4.78, 5) is 34.7. The molecule has 0 bridgehead atoms. The van der Waals surface area contributed by atoms with Crippen LogP contribution in [0.2, 0.25) is 0 Å². The number of aryl methyl sites for hydroxylation is 1. The quantitative estimate of drug-likeness (QED) is 0.180. The predicted molar refractivity (Wildman–Crippen MR) is 167 cm³/mol. The number of amides is 1. The molecule has 1 amide bonds. The first kappa shape index (κ1) is 33.5. The minimum Gasteiger partial charge on any atom is -0.496 e. The fraction of sp³-hybridized carbons (Fsp3) is 0.515. The highest BCUT2D eigenvalue weighted by molar-refractivity contribution is 5.87. The van der Waals surface area contributed by atoms with Crippen LogP contribution in [0.4, 0.5) is 0 Å². The number of hydrogen-bond donors (Lipinski definition) is 2. The van der Waals surface area contributed by atoms with Gasteiger partial charge in [-0.15, -0.1) is 12.8 Å². The summed E-state index contributed by atoms with van der Waals surface area (Å²) in [6.45, 7) is 4.62. The Bertz CT molecular complexity index is 1220. The summed E-state index contributed by atoms with van der Waals surface area (Å²) in [5.74, 6) is 2.14. The molecule has 41 heavy (non-hydrogen) atoms. The molecule has 5 rings (SSSR count). The second kappa shape index (κ2) is 17.9. The van der Waals surface area contributed by atoms with Crippen molar-refractivity contribution < 1.29 is 14.3 Å². The number of ether oxygens (including phenoxy) is 1. The van der Waals surface area contributed by atoms with Gasteiger partial charge in [-0.2, -0.15) is 0 Å². The minimum absolute atomic E-state index is 0.250. The molecule has 2 fully saturated rings. The highest BCUT2D eigenvalue weighted by Gasteiger charge is 2.43. The lowest BCUT2D eigenvalue weighted by atomic mass is 9.94. The Hall–Kier alpha value is -3.70. The van der Waals surface area contributed by atoms with Gasteiger partial charge in [-0.1, -0.05) is 25.8 Å². The van der Waals surface area contributed by atoms with Gasteiger partial charge < -0.3 is 20.4 Å². The number of ketones is 1. The molecule has 2 aromatic heterocycles. The van der Waals surface area contributed by atoms with Crippen LogP contribution in [0.5, 0.6) is 5.75 Å². The molecular weight excluding hydrogens is 514 g/mol. The number of carbonyl (C=O) groups is 2. The number of aromatic amines is 1. The molecule has 8 heteroatoms. The Morgan fingerprint density at radius 2 is 1.80 bits per heavy atom. The monoisotopic (exact) mass is 561 g/mol. The number of rotatable bonds is 10. The molecule has 8 nitrogen and oxygen atoms in total. The number of terminal acetylenes is 1. The molecule has 0 atom stereocenters. The van der Waals surface area contributed by atoms with Crippen LogP contribution in [0.1, 0.15) is 77.0 Å². The Kier molecular flexibility index (Phi) is 14.6. The van der Waals surface area contributed by atoms with Gasteiger partial charge in [0.2, 0.25) is 6.41 Å². The number of nitrogens with zero attached hydrogens (tertiary/aromatic N) is 3. The topological polar surface area (TPSA) is 114 Å². The maximum absolute atomic E-state index is 11.3. The van der Waals surface area contributed by atoms with Crippen LogP contribution < -0.4 is 10.5 Å². The first-order valence-corrected chi connectivity index (χ1v) is 14.6. The largest absolute Gasteiger partial charge is 0.496 e. The molecule has 1 saturated heterocycles. The van der Waals surface area contributed by atoms with Gasteiger partial charge in [0.15, 0.2) is 0 Å². The standard InChI is InChI=1S/C22H27N3O2.C8H15N.C2H2.CH3NO/c1-3-17(26)10-6-4-5-7-11-22-24-15-20(25-22)18-13-16-9-8-12-23-19(16)14-21(18)27-2;1-9-6-4-8(2-3-8)5-7-9;1-2;2-1-3/h8-9,12-15H,3-7,10-11H2,1-2H3,(H,24,25);2-7H2,1H3;1-2H;1H,(H2,2,3). The smallest absolute Gasteiger partial charge is 0.204 e. The second-order valence-electron chi connectivity index (χ2n) is 10.7. The molecule has 1 saturated carbocycles. The lowest BCUT2D eigenvalue weighted by Crippen LogP contribution is -2.30. The summed E-state index contributed by atoms with van der Waals surface area (Å²) in [7, 11) is 3.91. The maximum Gasteiger partial charge on any atom is 0.204 e. The highest BCUT2D eigenvalue weighted by atomic mass is 16.5. The van der Waals surface area contributed by atoms with Crippen molar-refractivity contribution in [3.8, 4) is 29.9 Å². The van der Waals surface area contributed by atoms with E-state index in [1.807, 2.05) is 31.3 Å². The van der Waals surface area contributed by atoms with Crippen LogP contribution >= 0.6 is 0 Å². The maximum atomic E-state index is 11.3. The number of nitrogens with two attached hydrogens (primary N) is 1. The zero-order valence-corrected chi connectivity index (χ0v) is 25.0. The van der Waals surface area contributed by atoms with E-state index in [-0.39, 0.29) is 6.41 Å². The van der Waals surface area contributed by atoms with Crippen molar-refractivity contribution in [2.75, 3.05) is 27.2 Å². The molecule has 0 radical (unpaired) electrons. The number of carbonyl (C=O) groups excluding carboxylic acids is 2. The number of aromatic nitrogens is 3. The van der Waals surface area contributed by atoms with E-state index in [4.69, 9.17) is 9.53 Å². The van der Waals surface area contributed by atoms with Crippen LogP contribution in [0.15, 0.2) is 36.7 Å². The summed E-state index contributed by atoms with van der Waals surface area (Å²) in [6, 6.07) is 8.03. The fourth-order valence-electron chi connectivity index (χ4n) is 5.02. The van der Waals surface area contributed by atoms with E-state index >= 15 is 0 Å². The lowest BCUT2D eigenvalue weighted by molar-refractivity contribution is -0.118. The Morgan fingerprint density at radius 1 is 1.12 bits per heavy atom. The van der Waals surface area contributed by atoms with E-state index in [1.165, 1.54) is 38.8 Å². The third-order valence-corrected chi connectivity index (χ3v) is 7.86. The van der Waals surface area contributed by atoms with Gasteiger partial charge in [-0.05, 0) is 76.2 Å². The molecule has 0 unspecified atom stereocenters. The number of Topliss-reactive ketones (excluding diaryl/α,β-unsaturated/α-hetero) is 1. The Morgan fingerprint density at radius 3 is 2.44 bits per heavy atom. The number of primary amides is 1. The number of benzene rings is 1. The molecular formula is C33H47N5O3. The molecule has 222 valence electrons. The van der Waals surface area contributed by atoms with Crippen molar-refractivity contribution in [1.82, 2.24) is 19.9 Å². The molecule has 3 aromatic rings. The third kappa shape index (κ3) is 11.0. The number of methoxy groups -OCH3 is 1. The van der Waals surface area contributed by atoms with E-state index in [0.29, 0.717) is 12.2 Å². The molecule has 3 N–H and O–H groups in total. The van der Waals surface area contributed by atoms with Crippen molar-refractivity contribution in [1.29, 1.82) is 0 Å². The van der Waals surface area contributed by atoms with E-state index in [9.17, 15) is 4.79 Å². The molecule has 1 aliphatic carbocycles.